The molecule has 3 aliphatic carbocycles. The number of ether oxygens (including phenoxy) is 2. The number of aliphatic hydroxyl groups excluding tert-OH is 1. The number of fused-ring (bicyclic) bond motifs is 2. The fourth-order valence-corrected chi connectivity index (χ4v) is 3.61. The lowest BCUT2D eigenvalue weighted by Gasteiger charge is -2.22. The van der Waals surface area contributed by atoms with Gasteiger partial charge in [0, 0.05) is 11.8 Å². The Kier molecular flexibility index (Phi) is 3.89. The van der Waals surface area contributed by atoms with Crippen molar-refractivity contribution in [3.05, 3.63) is 12.2 Å². The molecule has 3 aliphatic rings. The molecule has 4 atom stereocenters. The summed E-state index contributed by atoms with van der Waals surface area (Å²) in [5, 5.41) is 9.88. The quantitative estimate of drug-likeness (QED) is 0.480. The number of hydrogen-bond acceptors (Lipinski definition) is 4. The smallest absolute Gasteiger partial charge is 0.311 e. The van der Waals surface area contributed by atoms with Gasteiger partial charge in [0.2, 0.25) is 0 Å². The minimum absolute atomic E-state index is 0.0489. The molecule has 0 aromatic carbocycles. The lowest BCUT2D eigenvalue weighted by atomic mass is 9.94. The van der Waals surface area contributed by atoms with E-state index >= 15 is 0 Å². The zero-order chi connectivity index (χ0) is 13.2. The predicted molar refractivity (Wildman–Crippen MR) is 69.2 cm³/mol. The number of carbonyl (C=O) groups excluding carboxylic acids is 1. The van der Waals surface area contributed by atoms with E-state index in [1.807, 2.05) is 12.2 Å². The minimum Gasteiger partial charge on any atom is -0.438 e. The summed E-state index contributed by atoms with van der Waals surface area (Å²) in [4.78, 5) is 12.0. The molecule has 0 aliphatic heterocycles. The molecular formula is C15H22O4. The lowest BCUT2D eigenvalue weighted by Crippen LogP contribution is -2.26. The Morgan fingerprint density at radius 3 is 2.63 bits per heavy atom. The van der Waals surface area contributed by atoms with Crippen LogP contribution in [-0.4, -0.2) is 30.1 Å². The van der Waals surface area contributed by atoms with Crippen LogP contribution in [0.25, 0.3) is 0 Å². The number of carbonyl (C=O) groups is 1. The van der Waals surface area contributed by atoms with Crippen molar-refractivity contribution in [1.29, 1.82) is 0 Å². The number of esters is 1. The summed E-state index contributed by atoms with van der Waals surface area (Å²) < 4.78 is 10.8. The van der Waals surface area contributed by atoms with Crippen molar-refractivity contribution in [3.8, 4) is 0 Å². The van der Waals surface area contributed by atoms with Crippen molar-refractivity contribution in [2.24, 2.45) is 17.8 Å². The zero-order valence-electron chi connectivity index (χ0n) is 11.2. The van der Waals surface area contributed by atoms with E-state index in [-0.39, 0.29) is 36.6 Å². The Balaban J connectivity index is 1.41. The predicted octanol–water partition coefficient (Wildman–Crippen LogP) is 2.02. The average Bonchev–Trinajstić information content (AvgIpc) is 2.95. The Bertz CT molecular complexity index is 359. The van der Waals surface area contributed by atoms with E-state index < -0.39 is 6.10 Å². The van der Waals surface area contributed by atoms with Gasteiger partial charge in [0.15, 0.2) is 6.79 Å². The second-order valence-corrected chi connectivity index (χ2v) is 5.97. The van der Waals surface area contributed by atoms with Crippen LogP contribution in [0.3, 0.4) is 0 Å². The van der Waals surface area contributed by atoms with E-state index in [9.17, 15) is 9.90 Å². The first-order valence-electron chi connectivity index (χ1n) is 7.40. The Morgan fingerprint density at radius 2 is 2.00 bits per heavy atom. The Labute approximate surface area is 113 Å². The summed E-state index contributed by atoms with van der Waals surface area (Å²) in [7, 11) is 0. The second-order valence-electron chi connectivity index (χ2n) is 5.97. The van der Waals surface area contributed by atoms with E-state index in [1.54, 1.807) is 0 Å². The third-order valence-corrected chi connectivity index (χ3v) is 4.76. The standard InChI is InChI=1S/C15H22O4/c16-14-10-6-7-12(14)13(8-10)15(17)19-9-18-11-4-2-1-3-5-11/h6-7,10-14,16H,1-5,8-9H2. The molecule has 3 rings (SSSR count). The third kappa shape index (κ3) is 2.70. The van der Waals surface area contributed by atoms with Gasteiger partial charge in [-0.3, -0.25) is 4.79 Å². The molecule has 19 heavy (non-hydrogen) atoms. The number of rotatable bonds is 4. The van der Waals surface area contributed by atoms with Crippen LogP contribution >= 0.6 is 0 Å². The van der Waals surface area contributed by atoms with Gasteiger partial charge in [-0.25, -0.2) is 0 Å². The fourth-order valence-electron chi connectivity index (χ4n) is 3.61. The van der Waals surface area contributed by atoms with Crippen LogP contribution in [-0.2, 0) is 14.3 Å². The molecule has 2 fully saturated rings. The van der Waals surface area contributed by atoms with Crippen molar-refractivity contribution in [2.45, 2.75) is 50.7 Å². The van der Waals surface area contributed by atoms with Gasteiger partial charge in [-0.05, 0) is 19.3 Å². The number of aliphatic hydroxyl groups is 1. The zero-order valence-corrected chi connectivity index (χ0v) is 11.2. The molecule has 4 heteroatoms. The van der Waals surface area contributed by atoms with Gasteiger partial charge in [-0.15, -0.1) is 0 Å². The summed E-state index contributed by atoms with van der Waals surface area (Å²) >= 11 is 0. The molecule has 2 bridgehead atoms. The van der Waals surface area contributed by atoms with E-state index in [0.717, 1.165) is 12.8 Å². The SMILES string of the molecule is O=C(OCOC1CCCCC1)C1CC2C=CC1C2O. The van der Waals surface area contributed by atoms with Gasteiger partial charge in [0.05, 0.1) is 18.1 Å². The van der Waals surface area contributed by atoms with Gasteiger partial charge in [-0.1, -0.05) is 31.4 Å². The lowest BCUT2D eigenvalue weighted by molar-refractivity contribution is -0.168. The van der Waals surface area contributed by atoms with Crippen LogP contribution in [0, 0.1) is 17.8 Å². The van der Waals surface area contributed by atoms with Crippen LogP contribution in [0.5, 0.6) is 0 Å². The second kappa shape index (κ2) is 5.63. The summed E-state index contributed by atoms with van der Waals surface area (Å²) in [6.07, 6.45) is 10.4. The largest absolute Gasteiger partial charge is 0.438 e. The van der Waals surface area contributed by atoms with Gasteiger partial charge in [-0.2, -0.15) is 0 Å². The van der Waals surface area contributed by atoms with Gasteiger partial charge in [0.1, 0.15) is 0 Å². The highest BCUT2D eigenvalue weighted by Crippen LogP contribution is 2.44. The van der Waals surface area contributed by atoms with Gasteiger partial charge in [0.25, 0.3) is 0 Å². The minimum atomic E-state index is -0.392. The third-order valence-electron chi connectivity index (χ3n) is 4.76. The van der Waals surface area contributed by atoms with Crippen molar-refractivity contribution in [2.75, 3.05) is 6.79 Å². The molecule has 0 heterocycles. The molecule has 0 radical (unpaired) electrons. The van der Waals surface area contributed by atoms with Crippen molar-refractivity contribution in [3.63, 3.8) is 0 Å². The maximum Gasteiger partial charge on any atom is 0.311 e. The molecule has 106 valence electrons. The number of hydrogen-bond donors (Lipinski definition) is 1. The molecule has 0 aromatic rings. The Morgan fingerprint density at radius 1 is 1.21 bits per heavy atom. The van der Waals surface area contributed by atoms with Crippen LogP contribution in [0.1, 0.15) is 38.5 Å². The highest BCUT2D eigenvalue weighted by atomic mass is 16.7. The first-order valence-corrected chi connectivity index (χ1v) is 7.40. The van der Waals surface area contributed by atoms with Gasteiger partial charge >= 0.3 is 5.97 Å². The summed E-state index contributed by atoms with van der Waals surface area (Å²) in [6.45, 7) is 0.0667. The van der Waals surface area contributed by atoms with Crippen molar-refractivity contribution in [1.82, 2.24) is 0 Å². The molecule has 0 amide bonds. The normalized spacial score (nSPS) is 37.7. The topological polar surface area (TPSA) is 55.8 Å². The maximum atomic E-state index is 12.0. The van der Waals surface area contributed by atoms with Crippen molar-refractivity contribution < 1.29 is 19.4 Å². The fraction of sp³-hybridized carbons (Fsp3) is 0.800. The van der Waals surface area contributed by atoms with Crippen LogP contribution in [0.15, 0.2) is 12.2 Å². The van der Waals surface area contributed by atoms with Crippen LogP contribution in [0.2, 0.25) is 0 Å². The van der Waals surface area contributed by atoms with Gasteiger partial charge < -0.3 is 14.6 Å². The van der Waals surface area contributed by atoms with E-state index in [1.165, 1.54) is 19.3 Å². The molecule has 2 saturated carbocycles. The van der Waals surface area contributed by atoms with Crippen LogP contribution in [0.4, 0.5) is 0 Å². The monoisotopic (exact) mass is 266 g/mol. The maximum absolute atomic E-state index is 12.0. The van der Waals surface area contributed by atoms with E-state index in [2.05, 4.69) is 0 Å². The molecule has 0 saturated heterocycles. The van der Waals surface area contributed by atoms with Crippen LogP contribution < -0.4 is 0 Å². The molecule has 4 nitrogen and oxygen atoms in total. The summed E-state index contributed by atoms with van der Waals surface area (Å²) in [5.41, 5.74) is 0. The Hall–Kier alpha value is -0.870. The van der Waals surface area contributed by atoms with E-state index in [4.69, 9.17) is 9.47 Å². The first-order chi connectivity index (χ1) is 9.25. The highest BCUT2D eigenvalue weighted by molar-refractivity contribution is 5.74. The first kappa shape index (κ1) is 13.1. The summed E-state index contributed by atoms with van der Waals surface area (Å²) in [5.74, 6) is -0.305. The van der Waals surface area contributed by atoms with Crippen molar-refractivity contribution >= 4 is 5.97 Å². The molecule has 1 N–H and O–H groups in total. The average molecular weight is 266 g/mol. The summed E-state index contributed by atoms with van der Waals surface area (Å²) in [6, 6.07) is 0. The molecule has 0 aromatic heterocycles. The molecule has 4 unspecified atom stereocenters. The van der Waals surface area contributed by atoms with E-state index in [0.29, 0.717) is 6.42 Å². The highest BCUT2D eigenvalue weighted by Gasteiger charge is 2.47. The molecule has 0 spiro atoms. The molecular weight excluding hydrogens is 244 g/mol.